The van der Waals surface area contributed by atoms with E-state index in [1.54, 1.807) is 11.8 Å². The zero-order valence-corrected chi connectivity index (χ0v) is 15.4. The molecule has 24 heavy (non-hydrogen) atoms. The molecule has 0 atom stereocenters. The molecule has 0 amide bonds. The molecule has 1 saturated heterocycles. The highest BCUT2D eigenvalue weighted by Gasteiger charge is 2.35. The summed E-state index contributed by atoms with van der Waals surface area (Å²) in [5.41, 5.74) is 0.173. The second-order valence-electron chi connectivity index (χ2n) is 6.19. The number of benzene rings is 1. The Kier molecular flexibility index (Phi) is 6.83. The summed E-state index contributed by atoms with van der Waals surface area (Å²) in [6.45, 7) is 6.85. The van der Waals surface area contributed by atoms with Gasteiger partial charge >= 0.3 is 5.97 Å². The average Bonchev–Trinajstić information content (AvgIpc) is 2.62. The second kappa shape index (κ2) is 8.65. The summed E-state index contributed by atoms with van der Waals surface area (Å²) >= 11 is 1.58. The van der Waals surface area contributed by atoms with Gasteiger partial charge in [-0.25, -0.2) is 0 Å². The Labute approximate surface area is 147 Å². The van der Waals surface area contributed by atoms with Crippen LogP contribution in [0.15, 0.2) is 29.2 Å². The van der Waals surface area contributed by atoms with Crippen molar-refractivity contribution in [3.8, 4) is 0 Å². The number of hydrogen-bond acceptors (Lipinski definition) is 6. The average molecular weight is 351 g/mol. The van der Waals surface area contributed by atoms with E-state index >= 15 is 0 Å². The standard InChI is InChI=1S/C18H25NO4S/c1-18(2,19-9-11-23-12-10-19)17(21)14-4-6-15(7-5-14)24-13-8-16(20)22-3/h4-7H,8-13H2,1-3H3. The number of hydrogen-bond donors (Lipinski definition) is 0. The van der Waals surface area contributed by atoms with Crippen LogP contribution in [0.1, 0.15) is 30.6 Å². The summed E-state index contributed by atoms with van der Waals surface area (Å²) in [5, 5.41) is 0. The fourth-order valence-electron chi connectivity index (χ4n) is 2.68. The van der Waals surface area contributed by atoms with E-state index in [1.807, 2.05) is 38.1 Å². The van der Waals surface area contributed by atoms with Crippen LogP contribution < -0.4 is 0 Å². The molecule has 6 heteroatoms. The first kappa shape index (κ1) is 19.0. The Morgan fingerprint density at radius 3 is 2.42 bits per heavy atom. The summed E-state index contributed by atoms with van der Waals surface area (Å²) < 4.78 is 9.99. The van der Waals surface area contributed by atoms with Gasteiger partial charge in [0.05, 0.1) is 32.3 Å². The number of nitrogens with zero attached hydrogens (tertiary/aromatic N) is 1. The highest BCUT2D eigenvalue weighted by molar-refractivity contribution is 7.99. The summed E-state index contributed by atoms with van der Waals surface area (Å²) in [5.74, 6) is 0.580. The van der Waals surface area contributed by atoms with Crippen molar-refractivity contribution in [1.82, 2.24) is 4.90 Å². The molecule has 2 rings (SSSR count). The van der Waals surface area contributed by atoms with Crippen LogP contribution in [0.5, 0.6) is 0 Å². The minimum absolute atomic E-state index is 0.121. The molecule has 1 fully saturated rings. The molecule has 0 N–H and O–H groups in total. The topological polar surface area (TPSA) is 55.8 Å². The molecular weight excluding hydrogens is 326 g/mol. The lowest BCUT2D eigenvalue weighted by Gasteiger charge is -2.39. The predicted molar refractivity (Wildman–Crippen MR) is 94.6 cm³/mol. The van der Waals surface area contributed by atoms with Crippen LogP contribution in [0.3, 0.4) is 0 Å². The third-order valence-corrected chi connectivity index (χ3v) is 5.29. The fraction of sp³-hybridized carbons (Fsp3) is 0.556. The molecule has 0 radical (unpaired) electrons. The number of carbonyl (C=O) groups excluding carboxylic acids is 2. The van der Waals surface area contributed by atoms with Gasteiger partial charge in [-0.15, -0.1) is 11.8 Å². The number of Topliss-reactive ketones (excluding diaryl/α,β-unsaturated/α-hetero) is 1. The first-order chi connectivity index (χ1) is 11.4. The Hall–Kier alpha value is -1.37. The van der Waals surface area contributed by atoms with Crippen LogP contribution >= 0.6 is 11.8 Å². The lowest BCUT2D eigenvalue weighted by Crippen LogP contribution is -2.54. The Balaban J connectivity index is 1.96. The van der Waals surface area contributed by atoms with Crippen LogP contribution in [0.2, 0.25) is 0 Å². The van der Waals surface area contributed by atoms with Crippen molar-refractivity contribution >= 4 is 23.5 Å². The Morgan fingerprint density at radius 2 is 1.83 bits per heavy atom. The fourth-order valence-corrected chi connectivity index (χ4v) is 3.51. The van der Waals surface area contributed by atoms with Gasteiger partial charge in [-0.2, -0.15) is 0 Å². The number of rotatable bonds is 7. The summed E-state index contributed by atoms with van der Waals surface area (Å²) in [7, 11) is 1.39. The van der Waals surface area contributed by atoms with E-state index in [4.69, 9.17) is 4.74 Å². The van der Waals surface area contributed by atoms with Gasteiger partial charge < -0.3 is 9.47 Å². The largest absolute Gasteiger partial charge is 0.469 e. The molecule has 5 nitrogen and oxygen atoms in total. The smallest absolute Gasteiger partial charge is 0.306 e. The minimum atomic E-state index is -0.538. The predicted octanol–water partition coefficient (Wildman–Crippen LogP) is 2.64. The van der Waals surface area contributed by atoms with Crippen molar-refractivity contribution in [3.63, 3.8) is 0 Å². The lowest BCUT2D eigenvalue weighted by atomic mass is 9.91. The van der Waals surface area contributed by atoms with Crippen LogP contribution in [-0.2, 0) is 14.3 Å². The first-order valence-electron chi connectivity index (χ1n) is 8.12. The van der Waals surface area contributed by atoms with Gasteiger partial charge in [-0.05, 0) is 26.0 Å². The maximum absolute atomic E-state index is 12.9. The van der Waals surface area contributed by atoms with Crippen molar-refractivity contribution in [2.45, 2.75) is 30.7 Å². The first-order valence-corrected chi connectivity index (χ1v) is 9.11. The summed E-state index contributed by atoms with van der Waals surface area (Å²) in [6, 6.07) is 7.60. The molecule has 1 aliphatic rings. The molecule has 1 aromatic rings. The number of methoxy groups -OCH3 is 1. The molecule has 1 aromatic carbocycles. The van der Waals surface area contributed by atoms with Gasteiger partial charge in [-0.1, -0.05) is 12.1 Å². The van der Waals surface area contributed by atoms with Gasteiger partial charge in [0, 0.05) is 29.3 Å². The molecule has 0 bridgehead atoms. The monoisotopic (exact) mass is 351 g/mol. The molecule has 0 unspecified atom stereocenters. The van der Waals surface area contributed by atoms with Crippen LogP contribution in [-0.4, -0.2) is 61.4 Å². The van der Waals surface area contributed by atoms with Crippen LogP contribution in [0, 0.1) is 0 Å². The maximum Gasteiger partial charge on any atom is 0.306 e. The maximum atomic E-state index is 12.9. The van der Waals surface area contributed by atoms with Crippen LogP contribution in [0.4, 0.5) is 0 Å². The van der Waals surface area contributed by atoms with E-state index < -0.39 is 5.54 Å². The Morgan fingerprint density at radius 1 is 1.21 bits per heavy atom. The van der Waals surface area contributed by atoms with Crippen molar-refractivity contribution in [3.05, 3.63) is 29.8 Å². The van der Waals surface area contributed by atoms with Crippen molar-refractivity contribution in [2.24, 2.45) is 0 Å². The second-order valence-corrected chi connectivity index (χ2v) is 7.35. The van der Waals surface area contributed by atoms with E-state index in [2.05, 4.69) is 9.64 Å². The molecule has 1 heterocycles. The number of ether oxygens (including phenoxy) is 2. The SMILES string of the molecule is COC(=O)CCSc1ccc(C(=O)C(C)(C)N2CCOCC2)cc1. The van der Waals surface area contributed by atoms with Crippen molar-refractivity contribution < 1.29 is 19.1 Å². The zero-order chi connectivity index (χ0) is 17.6. The number of carbonyl (C=O) groups is 2. The van der Waals surface area contributed by atoms with E-state index in [1.165, 1.54) is 7.11 Å². The Bertz CT molecular complexity index is 565. The number of ketones is 1. The lowest BCUT2D eigenvalue weighted by molar-refractivity contribution is -0.140. The molecule has 0 saturated carbocycles. The van der Waals surface area contributed by atoms with Gasteiger partial charge in [0.2, 0.25) is 0 Å². The normalized spacial score (nSPS) is 16.0. The van der Waals surface area contributed by atoms with Crippen molar-refractivity contribution in [2.75, 3.05) is 39.2 Å². The molecule has 132 valence electrons. The van der Waals surface area contributed by atoms with Crippen LogP contribution in [0.25, 0.3) is 0 Å². The van der Waals surface area contributed by atoms with Gasteiger partial charge in [0.25, 0.3) is 0 Å². The highest BCUT2D eigenvalue weighted by Crippen LogP contribution is 2.24. The molecule has 0 aromatic heterocycles. The summed E-state index contributed by atoms with van der Waals surface area (Å²) in [4.78, 5) is 27.2. The molecule has 1 aliphatic heterocycles. The van der Waals surface area contributed by atoms with E-state index in [0.29, 0.717) is 31.0 Å². The van der Waals surface area contributed by atoms with Gasteiger partial charge in [-0.3, -0.25) is 14.5 Å². The third kappa shape index (κ3) is 4.82. The molecule has 0 aliphatic carbocycles. The van der Waals surface area contributed by atoms with Gasteiger partial charge in [0.1, 0.15) is 0 Å². The third-order valence-electron chi connectivity index (χ3n) is 4.28. The van der Waals surface area contributed by atoms with E-state index in [9.17, 15) is 9.59 Å². The van der Waals surface area contributed by atoms with E-state index in [0.717, 1.165) is 18.0 Å². The number of morpholine rings is 1. The quantitative estimate of drug-likeness (QED) is 0.428. The number of esters is 1. The van der Waals surface area contributed by atoms with Gasteiger partial charge in [0.15, 0.2) is 5.78 Å². The highest BCUT2D eigenvalue weighted by atomic mass is 32.2. The minimum Gasteiger partial charge on any atom is -0.469 e. The number of thioether (sulfide) groups is 1. The van der Waals surface area contributed by atoms with E-state index in [-0.39, 0.29) is 11.8 Å². The molecule has 0 spiro atoms. The zero-order valence-electron chi connectivity index (χ0n) is 14.5. The molecular formula is C18H25NO4S. The summed E-state index contributed by atoms with van der Waals surface area (Å²) in [6.07, 6.45) is 0.381. The van der Waals surface area contributed by atoms with Crippen molar-refractivity contribution in [1.29, 1.82) is 0 Å².